The summed E-state index contributed by atoms with van der Waals surface area (Å²) < 4.78 is 46.9. The van der Waals surface area contributed by atoms with Crippen LogP contribution >= 0.6 is 0 Å². The smallest absolute Gasteiger partial charge is 0.421 e. The molecule has 0 fully saturated rings. The fourth-order valence-electron chi connectivity index (χ4n) is 4.12. The number of methoxy groups -OCH3 is 1. The Balaban J connectivity index is 1.63. The maximum atomic E-state index is 13.8. The van der Waals surface area contributed by atoms with Crippen LogP contribution in [0.4, 0.5) is 36.3 Å². The van der Waals surface area contributed by atoms with Crippen LogP contribution in [0.25, 0.3) is 6.08 Å². The average molecular weight is 555 g/mol. The van der Waals surface area contributed by atoms with E-state index in [9.17, 15) is 27.6 Å². The van der Waals surface area contributed by atoms with Crippen LogP contribution in [0.1, 0.15) is 29.2 Å². The number of fused-ring (bicyclic) bond motifs is 1. The van der Waals surface area contributed by atoms with Gasteiger partial charge in [-0.3, -0.25) is 19.7 Å². The van der Waals surface area contributed by atoms with Crippen molar-refractivity contribution < 1.29 is 32.3 Å². The third kappa shape index (κ3) is 6.73. The third-order valence-electron chi connectivity index (χ3n) is 6.10. The van der Waals surface area contributed by atoms with E-state index in [-0.39, 0.29) is 24.0 Å². The molecule has 0 unspecified atom stereocenters. The molecule has 208 valence electrons. The van der Waals surface area contributed by atoms with E-state index in [0.717, 1.165) is 17.2 Å². The molecule has 1 aromatic heterocycles. The highest BCUT2D eigenvalue weighted by Crippen LogP contribution is 2.37. The molecule has 2 heterocycles. The quantitative estimate of drug-likeness (QED) is 0.280. The van der Waals surface area contributed by atoms with E-state index in [1.54, 1.807) is 23.1 Å². The second kappa shape index (κ2) is 11.8. The van der Waals surface area contributed by atoms with Gasteiger partial charge in [0.05, 0.1) is 12.8 Å². The van der Waals surface area contributed by atoms with Crippen molar-refractivity contribution >= 4 is 47.4 Å². The van der Waals surface area contributed by atoms with Gasteiger partial charge in [-0.15, -0.1) is 0 Å². The number of carbonyl (C=O) groups excluding carboxylic acids is 3. The molecule has 13 heteroatoms. The van der Waals surface area contributed by atoms with Gasteiger partial charge < -0.3 is 20.3 Å². The Bertz CT molecular complexity index is 1480. The molecule has 3 aromatic rings. The maximum Gasteiger partial charge on any atom is 0.421 e. The minimum Gasteiger partial charge on any atom is -0.495 e. The Kier molecular flexibility index (Phi) is 8.31. The molecular weight excluding hydrogens is 529 g/mol. The highest BCUT2D eigenvalue weighted by molar-refractivity contribution is 5.97. The van der Waals surface area contributed by atoms with E-state index in [0.29, 0.717) is 42.7 Å². The van der Waals surface area contributed by atoms with Gasteiger partial charge in [-0.25, -0.2) is 4.98 Å². The fraction of sp³-hybridized carbons (Fsp3) is 0.222. The lowest BCUT2D eigenvalue weighted by atomic mass is 9.98. The molecule has 4 rings (SSSR count). The molecule has 3 amide bonds. The SMILES string of the molecule is COc1cc2c(cc1Nc1ncc(C(F)(F)F)c(Nc3cccc(C=CC(=O)NC=O)c3)n1)CCN(C(C)=O)C2. The van der Waals surface area contributed by atoms with E-state index < -0.39 is 23.5 Å². The van der Waals surface area contributed by atoms with Crippen LogP contribution in [0.3, 0.4) is 0 Å². The van der Waals surface area contributed by atoms with Crippen LogP contribution in [0.5, 0.6) is 5.75 Å². The lowest BCUT2D eigenvalue weighted by Crippen LogP contribution is -2.34. The number of alkyl halides is 3. The van der Waals surface area contributed by atoms with E-state index in [2.05, 4.69) is 20.6 Å². The van der Waals surface area contributed by atoms with Crippen LogP contribution in [-0.2, 0) is 33.5 Å². The van der Waals surface area contributed by atoms with Crippen molar-refractivity contribution in [2.45, 2.75) is 26.1 Å². The Labute approximate surface area is 227 Å². The van der Waals surface area contributed by atoms with Crippen molar-refractivity contribution in [3.05, 3.63) is 70.9 Å². The normalized spacial score (nSPS) is 13.0. The van der Waals surface area contributed by atoms with Crippen molar-refractivity contribution in [2.24, 2.45) is 0 Å². The summed E-state index contributed by atoms with van der Waals surface area (Å²) in [6.07, 6.45) is -0.690. The summed E-state index contributed by atoms with van der Waals surface area (Å²) in [4.78, 5) is 43.3. The van der Waals surface area contributed by atoms with Gasteiger partial charge in [0, 0.05) is 38.0 Å². The molecule has 10 nitrogen and oxygen atoms in total. The molecule has 0 aliphatic carbocycles. The van der Waals surface area contributed by atoms with Gasteiger partial charge in [-0.1, -0.05) is 12.1 Å². The Morgan fingerprint density at radius 1 is 1.12 bits per heavy atom. The van der Waals surface area contributed by atoms with Gasteiger partial charge in [0.1, 0.15) is 17.1 Å². The summed E-state index contributed by atoms with van der Waals surface area (Å²) in [5, 5.41) is 7.59. The first-order chi connectivity index (χ1) is 19.1. The molecule has 40 heavy (non-hydrogen) atoms. The number of nitrogens with one attached hydrogen (secondary N) is 3. The zero-order valence-corrected chi connectivity index (χ0v) is 21.5. The summed E-state index contributed by atoms with van der Waals surface area (Å²) in [6.45, 7) is 2.49. The first-order valence-corrected chi connectivity index (χ1v) is 12.0. The summed E-state index contributed by atoms with van der Waals surface area (Å²) in [6, 6.07) is 9.86. The Hall–Kier alpha value is -4.94. The highest BCUT2D eigenvalue weighted by atomic mass is 19.4. The third-order valence-corrected chi connectivity index (χ3v) is 6.10. The molecule has 0 bridgehead atoms. The first kappa shape index (κ1) is 28.1. The van der Waals surface area contributed by atoms with Crippen LogP contribution in [0, 0.1) is 0 Å². The topological polar surface area (TPSA) is 126 Å². The number of amides is 3. The molecule has 1 aliphatic rings. The number of carbonyl (C=O) groups is 3. The van der Waals surface area contributed by atoms with E-state index >= 15 is 0 Å². The van der Waals surface area contributed by atoms with Gasteiger partial charge in [-0.2, -0.15) is 18.2 Å². The van der Waals surface area contributed by atoms with Crippen molar-refractivity contribution in [3.8, 4) is 5.75 Å². The summed E-state index contributed by atoms with van der Waals surface area (Å²) in [5.74, 6) is -0.849. The van der Waals surface area contributed by atoms with Crippen molar-refractivity contribution in [1.29, 1.82) is 0 Å². The van der Waals surface area contributed by atoms with E-state index in [1.807, 2.05) is 11.4 Å². The van der Waals surface area contributed by atoms with Crippen LogP contribution < -0.4 is 20.7 Å². The number of anilines is 4. The van der Waals surface area contributed by atoms with Crippen LogP contribution in [0.15, 0.2) is 48.7 Å². The minimum atomic E-state index is -4.74. The number of ether oxygens (including phenoxy) is 1. The molecule has 0 saturated carbocycles. The lowest BCUT2D eigenvalue weighted by molar-refractivity contribution is -0.137. The van der Waals surface area contributed by atoms with Crippen molar-refractivity contribution in [1.82, 2.24) is 20.2 Å². The molecule has 2 aromatic carbocycles. The van der Waals surface area contributed by atoms with Crippen molar-refractivity contribution in [3.63, 3.8) is 0 Å². The van der Waals surface area contributed by atoms with Gasteiger partial charge in [0.15, 0.2) is 0 Å². The lowest BCUT2D eigenvalue weighted by Gasteiger charge is -2.29. The van der Waals surface area contributed by atoms with Gasteiger partial charge in [0.25, 0.3) is 0 Å². The Morgan fingerprint density at radius 2 is 1.93 bits per heavy atom. The molecular formula is C27H25F3N6O4. The van der Waals surface area contributed by atoms with Crippen molar-refractivity contribution in [2.75, 3.05) is 24.3 Å². The van der Waals surface area contributed by atoms with Gasteiger partial charge in [0.2, 0.25) is 24.2 Å². The molecule has 0 spiro atoms. The van der Waals surface area contributed by atoms with Gasteiger partial charge in [-0.05, 0) is 53.5 Å². The summed E-state index contributed by atoms with van der Waals surface area (Å²) in [5.41, 5.74) is 2.04. The zero-order valence-electron chi connectivity index (χ0n) is 21.5. The number of benzene rings is 2. The monoisotopic (exact) mass is 554 g/mol. The molecule has 3 N–H and O–H groups in total. The molecule has 0 radical (unpaired) electrons. The molecule has 0 saturated heterocycles. The number of rotatable bonds is 8. The largest absolute Gasteiger partial charge is 0.495 e. The van der Waals surface area contributed by atoms with Gasteiger partial charge >= 0.3 is 6.18 Å². The predicted molar refractivity (Wildman–Crippen MR) is 141 cm³/mol. The number of aromatic nitrogens is 2. The first-order valence-electron chi connectivity index (χ1n) is 12.0. The fourth-order valence-corrected chi connectivity index (χ4v) is 4.12. The maximum absolute atomic E-state index is 13.8. The zero-order chi connectivity index (χ0) is 28.9. The predicted octanol–water partition coefficient (Wildman–Crippen LogP) is 4.18. The van der Waals surface area contributed by atoms with E-state index in [1.165, 1.54) is 32.2 Å². The Morgan fingerprint density at radius 3 is 2.62 bits per heavy atom. The highest BCUT2D eigenvalue weighted by Gasteiger charge is 2.35. The standard InChI is InChI=1S/C27H25F3N6O4/c1-16(38)36-9-8-18-11-22(23(40-2)12-19(18)14-36)34-26-31-13-21(27(28,29)30)25(35-26)33-20-5-3-4-17(10-20)6-7-24(39)32-15-37/h3-7,10-13,15H,8-9,14H2,1-2H3,(H,32,37,39)(H2,31,33,34,35). The second-order valence-electron chi connectivity index (χ2n) is 8.80. The number of hydrogen-bond donors (Lipinski definition) is 3. The average Bonchev–Trinajstić information content (AvgIpc) is 2.91. The second-order valence-corrected chi connectivity index (χ2v) is 8.80. The number of hydrogen-bond acceptors (Lipinski definition) is 8. The summed E-state index contributed by atoms with van der Waals surface area (Å²) in [7, 11) is 1.46. The van der Waals surface area contributed by atoms with Crippen LogP contribution in [-0.4, -0.2) is 46.7 Å². The number of nitrogens with zero attached hydrogens (tertiary/aromatic N) is 3. The molecule has 1 aliphatic heterocycles. The summed E-state index contributed by atoms with van der Waals surface area (Å²) >= 11 is 0. The van der Waals surface area contributed by atoms with Crippen LogP contribution in [0.2, 0.25) is 0 Å². The number of halogens is 3. The number of imide groups is 1. The molecule has 0 atom stereocenters. The minimum absolute atomic E-state index is 0.0324. The van der Waals surface area contributed by atoms with E-state index in [4.69, 9.17) is 4.74 Å².